The standard InChI is InChI=1S/C19H22N6O2.HI/c1-2-20-19(21-11-14-10-13-6-3-4-7-15(13)27-14)22-12-17-23-18(25-24-17)16-8-5-9-26-16;/h3-9,14H,2,10-12H2,1H3,(H2,20,21,22)(H,23,24,25);1H. The van der Waals surface area contributed by atoms with Gasteiger partial charge in [0, 0.05) is 13.0 Å². The third kappa shape index (κ3) is 4.83. The average Bonchev–Trinajstić information content (AvgIpc) is 3.43. The fraction of sp³-hybridized carbons (Fsp3) is 0.316. The Balaban J connectivity index is 0.00000225. The Hall–Kier alpha value is -2.56. The van der Waals surface area contributed by atoms with Crippen LogP contribution in [0.2, 0.25) is 0 Å². The van der Waals surface area contributed by atoms with Gasteiger partial charge in [0.1, 0.15) is 24.2 Å². The molecule has 1 atom stereocenters. The van der Waals surface area contributed by atoms with Gasteiger partial charge in [-0.2, -0.15) is 0 Å². The highest BCUT2D eigenvalue weighted by molar-refractivity contribution is 14.0. The molecule has 1 unspecified atom stereocenters. The fourth-order valence-electron chi connectivity index (χ4n) is 2.96. The molecule has 0 saturated carbocycles. The Morgan fingerprint density at radius 1 is 1.25 bits per heavy atom. The van der Waals surface area contributed by atoms with Gasteiger partial charge in [0.2, 0.25) is 5.82 Å². The van der Waals surface area contributed by atoms with Gasteiger partial charge in [-0.15, -0.1) is 29.1 Å². The van der Waals surface area contributed by atoms with Crippen LogP contribution >= 0.6 is 24.0 Å². The molecular weight excluding hydrogens is 471 g/mol. The molecule has 9 heteroatoms. The number of nitrogens with zero attached hydrogens (tertiary/aromatic N) is 3. The largest absolute Gasteiger partial charge is 0.488 e. The molecular formula is C19H23IN6O2. The second kappa shape index (κ2) is 9.58. The lowest BCUT2D eigenvalue weighted by Gasteiger charge is -2.15. The number of nitrogens with one attached hydrogen (secondary N) is 3. The molecule has 1 aliphatic heterocycles. The molecule has 0 amide bonds. The van der Waals surface area contributed by atoms with E-state index in [1.54, 1.807) is 12.3 Å². The van der Waals surface area contributed by atoms with Gasteiger partial charge < -0.3 is 19.8 Å². The quantitative estimate of drug-likeness (QED) is 0.277. The van der Waals surface area contributed by atoms with Crippen molar-refractivity contribution in [2.75, 3.05) is 13.1 Å². The Morgan fingerprint density at radius 2 is 2.14 bits per heavy atom. The molecule has 4 rings (SSSR count). The van der Waals surface area contributed by atoms with E-state index in [0.29, 0.717) is 36.5 Å². The first-order valence-electron chi connectivity index (χ1n) is 9.03. The lowest BCUT2D eigenvalue weighted by atomic mass is 10.1. The number of hydrogen-bond donors (Lipinski definition) is 3. The maximum Gasteiger partial charge on any atom is 0.216 e. The lowest BCUT2D eigenvalue weighted by Crippen LogP contribution is -2.42. The number of benzene rings is 1. The van der Waals surface area contributed by atoms with Crippen LogP contribution in [0.5, 0.6) is 5.75 Å². The number of ether oxygens (including phenoxy) is 1. The zero-order valence-corrected chi connectivity index (χ0v) is 17.8. The number of halogens is 1. The molecule has 2 aromatic heterocycles. The molecule has 3 heterocycles. The second-order valence-electron chi connectivity index (χ2n) is 6.21. The number of rotatable bonds is 6. The Bertz CT molecular complexity index is 884. The van der Waals surface area contributed by atoms with Crippen molar-refractivity contribution in [1.29, 1.82) is 0 Å². The summed E-state index contributed by atoms with van der Waals surface area (Å²) in [5, 5.41) is 13.6. The zero-order valence-electron chi connectivity index (χ0n) is 15.5. The molecule has 3 aromatic rings. The highest BCUT2D eigenvalue weighted by atomic mass is 127. The van der Waals surface area contributed by atoms with Gasteiger partial charge in [0.15, 0.2) is 11.7 Å². The normalized spacial score (nSPS) is 15.5. The van der Waals surface area contributed by atoms with Crippen molar-refractivity contribution in [3.05, 3.63) is 54.0 Å². The zero-order chi connectivity index (χ0) is 18.5. The molecule has 0 bridgehead atoms. The van der Waals surface area contributed by atoms with Crippen molar-refractivity contribution < 1.29 is 9.15 Å². The van der Waals surface area contributed by atoms with Gasteiger partial charge >= 0.3 is 0 Å². The first-order valence-corrected chi connectivity index (χ1v) is 9.03. The van der Waals surface area contributed by atoms with E-state index in [1.165, 1.54) is 5.56 Å². The van der Waals surface area contributed by atoms with E-state index in [4.69, 9.17) is 9.15 Å². The minimum atomic E-state index is 0. The Labute approximate surface area is 180 Å². The summed E-state index contributed by atoms with van der Waals surface area (Å²) < 4.78 is 11.3. The topological polar surface area (TPSA) is 100 Å². The first kappa shape index (κ1) is 20.2. The van der Waals surface area contributed by atoms with Crippen molar-refractivity contribution in [3.63, 3.8) is 0 Å². The lowest BCUT2D eigenvalue weighted by molar-refractivity contribution is 0.235. The first-order chi connectivity index (χ1) is 13.3. The molecule has 3 N–H and O–H groups in total. The number of para-hydroxylation sites is 1. The van der Waals surface area contributed by atoms with Crippen molar-refractivity contribution >= 4 is 29.9 Å². The Morgan fingerprint density at radius 3 is 2.93 bits per heavy atom. The number of furan rings is 1. The van der Waals surface area contributed by atoms with Crippen molar-refractivity contribution in [1.82, 2.24) is 25.8 Å². The van der Waals surface area contributed by atoms with Gasteiger partial charge in [-0.3, -0.25) is 5.10 Å². The van der Waals surface area contributed by atoms with E-state index >= 15 is 0 Å². The summed E-state index contributed by atoms with van der Waals surface area (Å²) >= 11 is 0. The van der Waals surface area contributed by atoms with Crippen LogP contribution in [0.25, 0.3) is 11.6 Å². The fourth-order valence-corrected chi connectivity index (χ4v) is 2.96. The second-order valence-corrected chi connectivity index (χ2v) is 6.21. The van der Waals surface area contributed by atoms with Gasteiger partial charge in [0.25, 0.3) is 0 Å². The van der Waals surface area contributed by atoms with Crippen LogP contribution in [0.3, 0.4) is 0 Å². The van der Waals surface area contributed by atoms with E-state index in [9.17, 15) is 0 Å². The van der Waals surface area contributed by atoms with Crippen LogP contribution in [0.4, 0.5) is 0 Å². The van der Waals surface area contributed by atoms with Crippen LogP contribution in [-0.4, -0.2) is 40.3 Å². The molecule has 28 heavy (non-hydrogen) atoms. The monoisotopic (exact) mass is 494 g/mol. The third-order valence-electron chi connectivity index (χ3n) is 4.22. The van der Waals surface area contributed by atoms with E-state index in [0.717, 1.165) is 18.7 Å². The minimum absolute atomic E-state index is 0. The number of aromatic nitrogens is 3. The molecule has 1 aromatic carbocycles. The van der Waals surface area contributed by atoms with Crippen LogP contribution in [0.1, 0.15) is 18.3 Å². The number of guanidine groups is 1. The van der Waals surface area contributed by atoms with Crippen molar-refractivity contribution in [3.8, 4) is 17.3 Å². The predicted molar refractivity (Wildman–Crippen MR) is 117 cm³/mol. The summed E-state index contributed by atoms with van der Waals surface area (Å²) in [7, 11) is 0. The SMILES string of the molecule is CCNC(=NCc1nc(-c2ccco2)n[nH]1)NCC1Cc2ccccc2O1.I. The summed E-state index contributed by atoms with van der Waals surface area (Å²) in [4.78, 5) is 8.96. The van der Waals surface area contributed by atoms with Crippen molar-refractivity contribution in [2.45, 2.75) is 26.0 Å². The van der Waals surface area contributed by atoms with Gasteiger partial charge in [-0.05, 0) is 30.7 Å². The van der Waals surface area contributed by atoms with Crippen LogP contribution in [-0.2, 0) is 13.0 Å². The van der Waals surface area contributed by atoms with Gasteiger partial charge in [0.05, 0.1) is 12.8 Å². The molecule has 148 valence electrons. The highest BCUT2D eigenvalue weighted by Crippen LogP contribution is 2.27. The van der Waals surface area contributed by atoms with Gasteiger partial charge in [-0.25, -0.2) is 9.98 Å². The average molecular weight is 494 g/mol. The maximum absolute atomic E-state index is 5.96. The summed E-state index contributed by atoms with van der Waals surface area (Å²) in [5.41, 5.74) is 1.25. The smallest absolute Gasteiger partial charge is 0.216 e. The molecule has 0 radical (unpaired) electrons. The number of fused-ring (bicyclic) bond motifs is 1. The van der Waals surface area contributed by atoms with Crippen LogP contribution in [0, 0.1) is 0 Å². The molecule has 0 aliphatic carbocycles. The number of aliphatic imine (C=N–C) groups is 1. The van der Waals surface area contributed by atoms with E-state index in [-0.39, 0.29) is 30.1 Å². The molecule has 0 saturated heterocycles. The maximum atomic E-state index is 5.96. The molecule has 8 nitrogen and oxygen atoms in total. The summed E-state index contributed by atoms with van der Waals surface area (Å²) in [6.45, 7) is 3.86. The van der Waals surface area contributed by atoms with E-state index in [2.05, 4.69) is 36.9 Å². The Kier molecular flexibility index (Phi) is 6.90. The molecule has 0 spiro atoms. The number of H-pyrrole nitrogens is 1. The van der Waals surface area contributed by atoms with E-state index < -0.39 is 0 Å². The summed E-state index contributed by atoms with van der Waals surface area (Å²) in [5.74, 6) is 3.51. The number of hydrogen-bond acceptors (Lipinski definition) is 5. The minimum Gasteiger partial charge on any atom is -0.488 e. The van der Waals surface area contributed by atoms with Crippen LogP contribution in [0.15, 0.2) is 52.1 Å². The van der Waals surface area contributed by atoms with E-state index in [1.807, 2.05) is 31.2 Å². The molecule has 0 fully saturated rings. The number of aromatic amines is 1. The predicted octanol–water partition coefficient (Wildman–Crippen LogP) is 2.74. The highest BCUT2D eigenvalue weighted by Gasteiger charge is 2.22. The van der Waals surface area contributed by atoms with Crippen molar-refractivity contribution in [2.24, 2.45) is 4.99 Å². The third-order valence-corrected chi connectivity index (χ3v) is 4.22. The van der Waals surface area contributed by atoms with Gasteiger partial charge in [-0.1, -0.05) is 18.2 Å². The summed E-state index contributed by atoms with van der Waals surface area (Å²) in [6, 6.07) is 11.8. The van der Waals surface area contributed by atoms with Crippen LogP contribution < -0.4 is 15.4 Å². The molecule has 1 aliphatic rings. The summed E-state index contributed by atoms with van der Waals surface area (Å²) in [6.07, 6.45) is 2.60.